The monoisotopic (exact) mass is 187 g/mol. The molecule has 0 spiro atoms. The van der Waals surface area contributed by atoms with Gasteiger partial charge in [-0.15, -0.1) is 12.4 Å². The number of aromatic nitrogens is 1. The number of ether oxygens (including phenoxy) is 1. The van der Waals surface area contributed by atoms with E-state index in [1.165, 1.54) is 6.92 Å². The van der Waals surface area contributed by atoms with Gasteiger partial charge in [-0.2, -0.15) is 0 Å². The quantitative estimate of drug-likeness (QED) is 0.629. The number of esters is 1. The van der Waals surface area contributed by atoms with Gasteiger partial charge in [0.05, 0.1) is 0 Å². The van der Waals surface area contributed by atoms with Gasteiger partial charge in [0.15, 0.2) is 0 Å². The Morgan fingerprint density at radius 3 is 2.58 bits per heavy atom. The number of halogens is 1. The number of hydrogen-bond acceptors (Lipinski definition) is 3. The fourth-order valence-corrected chi connectivity index (χ4v) is 0.662. The van der Waals surface area contributed by atoms with Crippen LogP contribution in [0.4, 0.5) is 0 Å². The van der Waals surface area contributed by atoms with E-state index in [0.29, 0.717) is 5.88 Å². The molecule has 0 aliphatic rings. The third kappa shape index (κ3) is 3.34. The SMILES string of the molecule is CC(=O)Oc1ccc(C)cn1.Cl. The number of nitrogens with zero attached hydrogens (tertiary/aromatic N) is 1. The molecular weight excluding hydrogens is 178 g/mol. The summed E-state index contributed by atoms with van der Waals surface area (Å²) in [6, 6.07) is 3.50. The molecule has 0 radical (unpaired) electrons. The Hall–Kier alpha value is -1.09. The lowest BCUT2D eigenvalue weighted by Crippen LogP contribution is -2.02. The Morgan fingerprint density at radius 1 is 1.50 bits per heavy atom. The molecule has 0 saturated heterocycles. The molecule has 3 nitrogen and oxygen atoms in total. The number of hydrogen-bond donors (Lipinski definition) is 0. The average molecular weight is 188 g/mol. The van der Waals surface area contributed by atoms with Crippen LogP contribution in [0.15, 0.2) is 18.3 Å². The van der Waals surface area contributed by atoms with Crippen molar-refractivity contribution in [3.8, 4) is 5.88 Å². The van der Waals surface area contributed by atoms with E-state index in [-0.39, 0.29) is 18.4 Å². The van der Waals surface area contributed by atoms with Crippen molar-refractivity contribution in [1.82, 2.24) is 4.98 Å². The van der Waals surface area contributed by atoms with Gasteiger partial charge in [0.1, 0.15) is 0 Å². The molecule has 0 atom stereocenters. The lowest BCUT2D eigenvalue weighted by atomic mass is 10.3. The Balaban J connectivity index is 0.00000121. The molecule has 0 saturated carbocycles. The molecule has 12 heavy (non-hydrogen) atoms. The minimum Gasteiger partial charge on any atom is -0.408 e. The van der Waals surface area contributed by atoms with E-state index in [2.05, 4.69) is 4.98 Å². The third-order valence-electron chi connectivity index (χ3n) is 1.13. The summed E-state index contributed by atoms with van der Waals surface area (Å²) in [4.78, 5) is 14.3. The number of carbonyl (C=O) groups excluding carboxylic acids is 1. The molecule has 0 amide bonds. The summed E-state index contributed by atoms with van der Waals surface area (Å²) in [5, 5.41) is 0. The van der Waals surface area contributed by atoms with Crippen molar-refractivity contribution in [3.63, 3.8) is 0 Å². The van der Waals surface area contributed by atoms with Crippen LogP contribution in [0.25, 0.3) is 0 Å². The summed E-state index contributed by atoms with van der Waals surface area (Å²) < 4.78 is 4.72. The summed E-state index contributed by atoms with van der Waals surface area (Å²) in [5.41, 5.74) is 1.04. The molecule has 4 heteroatoms. The molecule has 1 aromatic heterocycles. The van der Waals surface area contributed by atoms with Crippen LogP contribution < -0.4 is 4.74 Å². The van der Waals surface area contributed by atoms with Gasteiger partial charge in [0, 0.05) is 19.2 Å². The highest BCUT2D eigenvalue weighted by molar-refractivity contribution is 5.85. The zero-order valence-electron chi connectivity index (χ0n) is 6.90. The second-order valence-corrected chi connectivity index (χ2v) is 2.27. The number of aryl methyl sites for hydroxylation is 1. The molecule has 0 fully saturated rings. The Labute approximate surface area is 77.2 Å². The number of rotatable bonds is 1. The van der Waals surface area contributed by atoms with Crippen LogP contribution in [0.2, 0.25) is 0 Å². The average Bonchev–Trinajstić information content (AvgIpc) is 1.93. The summed E-state index contributed by atoms with van der Waals surface area (Å²) >= 11 is 0. The first kappa shape index (κ1) is 10.9. The molecule has 1 rings (SSSR count). The van der Waals surface area contributed by atoms with Crippen molar-refractivity contribution in [3.05, 3.63) is 23.9 Å². The highest BCUT2D eigenvalue weighted by atomic mass is 35.5. The van der Waals surface area contributed by atoms with Gasteiger partial charge in [0.25, 0.3) is 0 Å². The standard InChI is InChI=1S/C8H9NO2.ClH/c1-6-3-4-8(9-5-6)11-7(2)10;/h3-5H,1-2H3;1H. The van der Waals surface area contributed by atoms with E-state index in [0.717, 1.165) is 5.56 Å². The molecule has 1 aromatic rings. The predicted molar refractivity (Wildman–Crippen MR) is 47.5 cm³/mol. The Morgan fingerprint density at radius 2 is 2.17 bits per heavy atom. The third-order valence-corrected chi connectivity index (χ3v) is 1.13. The Kier molecular flexibility index (Phi) is 4.29. The van der Waals surface area contributed by atoms with Crippen LogP contribution >= 0.6 is 12.4 Å². The maximum atomic E-state index is 10.4. The van der Waals surface area contributed by atoms with E-state index < -0.39 is 0 Å². The number of pyridine rings is 1. The van der Waals surface area contributed by atoms with E-state index in [1.807, 2.05) is 13.0 Å². The molecule has 0 N–H and O–H groups in total. The van der Waals surface area contributed by atoms with Crippen LogP contribution in [0, 0.1) is 6.92 Å². The second kappa shape index (κ2) is 4.72. The van der Waals surface area contributed by atoms with Gasteiger partial charge in [-0.05, 0) is 12.5 Å². The predicted octanol–water partition coefficient (Wildman–Crippen LogP) is 1.74. The summed E-state index contributed by atoms with van der Waals surface area (Å²) in [6.07, 6.45) is 1.65. The van der Waals surface area contributed by atoms with Crippen molar-refractivity contribution in [2.24, 2.45) is 0 Å². The lowest BCUT2D eigenvalue weighted by molar-refractivity contribution is -0.132. The van der Waals surface area contributed by atoms with Gasteiger partial charge < -0.3 is 4.74 Å². The molecule has 0 bridgehead atoms. The topological polar surface area (TPSA) is 39.2 Å². The maximum Gasteiger partial charge on any atom is 0.309 e. The van der Waals surface area contributed by atoms with Gasteiger partial charge in [-0.3, -0.25) is 4.79 Å². The van der Waals surface area contributed by atoms with Crippen molar-refractivity contribution in [1.29, 1.82) is 0 Å². The molecule has 0 aromatic carbocycles. The molecule has 0 unspecified atom stereocenters. The van der Waals surface area contributed by atoms with E-state index in [9.17, 15) is 4.79 Å². The maximum absolute atomic E-state index is 10.4. The summed E-state index contributed by atoms with van der Waals surface area (Å²) in [5.74, 6) is 0.00412. The van der Waals surface area contributed by atoms with E-state index >= 15 is 0 Å². The molecule has 66 valence electrons. The van der Waals surface area contributed by atoms with Gasteiger partial charge in [-0.25, -0.2) is 4.98 Å². The van der Waals surface area contributed by atoms with Gasteiger partial charge in [-0.1, -0.05) is 6.07 Å². The van der Waals surface area contributed by atoms with Crippen LogP contribution in [-0.2, 0) is 4.79 Å². The minimum absolute atomic E-state index is 0. The Bertz CT molecular complexity index is 258. The van der Waals surface area contributed by atoms with Gasteiger partial charge >= 0.3 is 5.97 Å². The molecule has 0 aliphatic heterocycles. The zero-order chi connectivity index (χ0) is 8.27. The van der Waals surface area contributed by atoms with Crippen molar-refractivity contribution in [2.75, 3.05) is 0 Å². The second-order valence-electron chi connectivity index (χ2n) is 2.27. The first-order valence-electron chi connectivity index (χ1n) is 3.29. The zero-order valence-corrected chi connectivity index (χ0v) is 7.72. The normalized spacial score (nSPS) is 8.50. The summed E-state index contributed by atoms with van der Waals surface area (Å²) in [6.45, 7) is 3.27. The first-order valence-corrected chi connectivity index (χ1v) is 3.29. The number of carbonyl (C=O) groups is 1. The minimum atomic E-state index is -0.346. The van der Waals surface area contributed by atoms with E-state index in [4.69, 9.17) is 4.74 Å². The van der Waals surface area contributed by atoms with Gasteiger partial charge in [0.2, 0.25) is 5.88 Å². The molecule has 1 heterocycles. The van der Waals surface area contributed by atoms with Crippen molar-refractivity contribution in [2.45, 2.75) is 13.8 Å². The smallest absolute Gasteiger partial charge is 0.309 e. The first-order chi connectivity index (χ1) is 5.18. The van der Waals surface area contributed by atoms with Crippen molar-refractivity contribution < 1.29 is 9.53 Å². The van der Waals surface area contributed by atoms with E-state index in [1.54, 1.807) is 12.3 Å². The lowest BCUT2D eigenvalue weighted by Gasteiger charge is -1.98. The molecular formula is C8H10ClNO2. The highest BCUT2D eigenvalue weighted by Gasteiger charge is 1.96. The highest BCUT2D eigenvalue weighted by Crippen LogP contribution is 2.05. The van der Waals surface area contributed by atoms with Crippen LogP contribution in [0.3, 0.4) is 0 Å². The van der Waals surface area contributed by atoms with Crippen LogP contribution in [-0.4, -0.2) is 11.0 Å². The van der Waals surface area contributed by atoms with Crippen LogP contribution in [0.1, 0.15) is 12.5 Å². The van der Waals surface area contributed by atoms with Crippen LogP contribution in [0.5, 0.6) is 5.88 Å². The molecule has 0 aliphatic carbocycles. The van der Waals surface area contributed by atoms with Crippen molar-refractivity contribution >= 4 is 18.4 Å². The fraction of sp³-hybridized carbons (Fsp3) is 0.250. The fourth-order valence-electron chi connectivity index (χ4n) is 0.662. The summed E-state index contributed by atoms with van der Waals surface area (Å²) in [7, 11) is 0. The largest absolute Gasteiger partial charge is 0.408 e.